The minimum absolute atomic E-state index is 0.589. The van der Waals surface area contributed by atoms with Crippen LogP contribution in [-0.2, 0) is 6.42 Å². The van der Waals surface area contributed by atoms with Crippen LogP contribution in [0.5, 0.6) is 5.75 Å². The van der Waals surface area contributed by atoms with E-state index in [0.717, 1.165) is 18.8 Å². The third kappa shape index (κ3) is 3.49. The summed E-state index contributed by atoms with van der Waals surface area (Å²) < 4.78 is 5.57. The van der Waals surface area contributed by atoms with Crippen LogP contribution in [0.15, 0.2) is 24.3 Å². The van der Waals surface area contributed by atoms with E-state index < -0.39 is 0 Å². The fourth-order valence-electron chi connectivity index (χ4n) is 1.08. The van der Waals surface area contributed by atoms with Gasteiger partial charge in [-0.3, -0.25) is 0 Å². The molecule has 0 aliphatic heterocycles. The van der Waals surface area contributed by atoms with E-state index in [-0.39, 0.29) is 0 Å². The average molecular weight is 178 g/mol. The second-order valence-corrected chi connectivity index (χ2v) is 3.70. The second-order valence-electron chi connectivity index (χ2n) is 3.70. The first-order chi connectivity index (χ1) is 6.22. The SMILES string of the molecule is CCc1ccc(OCC(C)C)cc1. The highest BCUT2D eigenvalue weighted by Crippen LogP contribution is 2.13. The number of aryl methyl sites for hydroxylation is 1. The molecule has 0 bridgehead atoms. The molecule has 0 aliphatic carbocycles. The molecule has 0 heterocycles. The summed E-state index contributed by atoms with van der Waals surface area (Å²) >= 11 is 0. The highest BCUT2D eigenvalue weighted by Gasteiger charge is 1.96. The van der Waals surface area contributed by atoms with E-state index in [4.69, 9.17) is 4.74 Å². The molecule has 1 heteroatoms. The molecule has 0 unspecified atom stereocenters. The van der Waals surface area contributed by atoms with Gasteiger partial charge in [-0.05, 0) is 30.0 Å². The van der Waals surface area contributed by atoms with Crippen molar-refractivity contribution in [1.29, 1.82) is 0 Å². The first kappa shape index (κ1) is 10.1. The summed E-state index contributed by atoms with van der Waals surface area (Å²) in [7, 11) is 0. The number of ether oxygens (including phenoxy) is 1. The zero-order valence-electron chi connectivity index (χ0n) is 8.71. The van der Waals surface area contributed by atoms with E-state index >= 15 is 0 Å². The summed E-state index contributed by atoms with van der Waals surface area (Å²) in [6.45, 7) is 7.26. The van der Waals surface area contributed by atoms with Gasteiger partial charge in [-0.1, -0.05) is 32.9 Å². The van der Waals surface area contributed by atoms with Gasteiger partial charge in [0, 0.05) is 0 Å². The molecule has 0 spiro atoms. The van der Waals surface area contributed by atoms with Gasteiger partial charge < -0.3 is 4.74 Å². The molecule has 72 valence electrons. The first-order valence-corrected chi connectivity index (χ1v) is 4.94. The maximum Gasteiger partial charge on any atom is 0.119 e. The first-order valence-electron chi connectivity index (χ1n) is 4.94. The summed E-state index contributed by atoms with van der Waals surface area (Å²) in [4.78, 5) is 0. The molecule has 0 aromatic heterocycles. The highest BCUT2D eigenvalue weighted by atomic mass is 16.5. The smallest absolute Gasteiger partial charge is 0.119 e. The minimum Gasteiger partial charge on any atom is -0.493 e. The quantitative estimate of drug-likeness (QED) is 0.687. The van der Waals surface area contributed by atoms with E-state index in [1.54, 1.807) is 0 Å². The fraction of sp³-hybridized carbons (Fsp3) is 0.500. The van der Waals surface area contributed by atoms with Crippen molar-refractivity contribution in [2.24, 2.45) is 5.92 Å². The molecule has 1 nitrogen and oxygen atoms in total. The molecule has 0 saturated heterocycles. The highest BCUT2D eigenvalue weighted by molar-refractivity contribution is 5.27. The molecule has 1 aromatic rings. The van der Waals surface area contributed by atoms with Crippen LogP contribution in [0.3, 0.4) is 0 Å². The lowest BCUT2D eigenvalue weighted by atomic mass is 10.2. The van der Waals surface area contributed by atoms with E-state index in [9.17, 15) is 0 Å². The van der Waals surface area contributed by atoms with Gasteiger partial charge in [0.05, 0.1) is 6.61 Å². The third-order valence-electron chi connectivity index (χ3n) is 1.91. The largest absolute Gasteiger partial charge is 0.493 e. The van der Waals surface area contributed by atoms with E-state index in [2.05, 4.69) is 32.9 Å². The second kappa shape index (κ2) is 4.90. The van der Waals surface area contributed by atoms with Crippen LogP contribution in [-0.4, -0.2) is 6.61 Å². The molecule has 0 amide bonds. The number of hydrogen-bond donors (Lipinski definition) is 0. The molecule has 0 aliphatic rings. The third-order valence-corrected chi connectivity index (χ3v) is 1.91. The topological polar surface area (TPSA) is 9.23 Å². The lowest BCUT2D eigenvalue weighted by Gasteiger charge is -2.08. The Morgan fingerprint density at radius 3 is 2.23 bits per heavy atom. The van der Waals surface area contributed by atoms with E-state index in [0.29, 0.717) is 5.92 Å². The zero-order valence-corrected chi connectivity index (χ0v) is 8.71. The summed E-state index contributed by atoms with van der Waals surface area (Å²) in [5.74, 6) is 1.57. The van der Waals surface area contributed by atoms with Crippen molar-refractivity contribution >= 4 is 0 Å². The standard InChI is InChI=1S/C12H18O/c1-4-11-5-7-12(8-6-11)13-9-10(2)3/h5-8,10H,4,9H2,1-3H3. The van der Waals surface area contributed by atoms with Gasteiger partial charge in [0.2, 0.25) is 0 Å². The van der Waals surface area contributed by atoms with Crippen molar-refractivity contribution in [2.75, 3.05) is 6.61 Å². The van der Waals surface area contributed by atoms with Crippen LogP contribution in [0.1, 0.15) is 26.3 Å². The number of hydrogen-bond acceptors (Lipinski definition) is 1. The predicted molar refractivity (Wildman–Crippen MR) is 56.2 cm³/mol. The van der Waals surface area contributed by atoms with Gasteiger partial charge in [0.25, 0.3) is 0 Å². The Morgan fingerprint density at radius 2 is 1.77 bits per heavy atom. The van der Waals surface area contributed by atoms with Crippen molar-refractivity contribution in [2.45, 2.75) is 27.2 Å². The average Bonchev–Trinajstić information content (AvgIpc) is 2.15. The molecule has 13 heavy (non-hydrogen) atoms. The molecule has 0 atom stereocenters. The van der Waals surface area contributed by atoms with Crippen molar-refractivity contribution in [3.05, 3.63) is 29.8 Å². The van der Waals surface area contributed by atoms with Crippen LogP contribution in [0.4, 0.5) is 0 Å². The van der Waals surface area contributed by atoms with Crippen LogP contribution in [0.2, 0.25) is 0 Å². The van der Waals surface area contributed by atoms with Crippen LogP contribution in [0, 0.1) is 5.92 Å². The monoisotopic (exact) mass is 178 g/mol. The summed E-state index contributed by atoms with van der Waals surface area (Å²) in [5.41, 5.74) is 1.36. The maximum atomic E-state index is 5.57. The Morgan fingerprint density at radius 1 is 1.15 bits per heavy atom. The lowest BCUT2D eigenvalue weighted by Crippen LogP contribution is -2.04. The fourth-order valence-corrected chi connectivity index (χ4v) is 1.08. The normalized spacial score (nSPS) is 10.5. The van der Waals surface area contributed by atoms with Crippen molar-refractivity contribution < 1.29 is 4.74 Å². The minimum atomic E-state index is 0.589. The molecular formula is C12H18O. The molecule has 0 saturated carbocycles. The molecule has 1 aromatic carbocycles. The Kier molecular flexibility index (Phi) is 3.81. The van der Waals surface area contributed by atoms with Crippen LogP contribution >= 0.6 is 0 Å². The van der Waals surface area contributed by atoms with Crippen molar-refractivity contribution in [3.63, 3.8) is 0 Å². The molecule has 1 rings (SSSR count). The Labute approximate surface area is 80.7 Å². The molecule has 0 radical (unpaired) electrons. The summed E-state index contributed by atoms with van der Waals surface area (Å²) in [6, 6.07) is 8.33. The van der Waals surface area contributed by atoms with Crippen LogP contribution < -0.4 is 4.74 Å². The Bertz CT molecular complexity index is 236. The Balaban J connectivity index is 2.49. The molecule has 0 N–H and O–H groups in total. The predicted octanol–water partition coefficient (Wildman–Crippen LogP) is 3.28. The van der Waals surface area contributed by atoms with Gasteiger partial charge in [-0.25, -0.2) is 0 Å². The molecule has 0 fully saturated rings. The molecular weight excluding hydrogens is 160 g/mol. The van der Waals surface area contributed by atoms with Gasteiger partial charge in [0.1, 0.15) is 5.75 Å². The van der Waals surface area contributed by atoms with Crippen molar-refractivity contribution in [3.8, 4) is 5.75 Å². The van der Waals surface area contributed by atoms with E-state index in [1.807, 2.05) is 12.1 Å². The van der Waals surface area contributed by atoms with Crippen LogP contribution in [0.25, 0.3) is 0 Å². The van der Waals surface area contributed by atoms with E-state index in [1.165, 1.54) is 5.56 Å². The van der Waals surface area contributed by atoms with Gasteiger partial charge in [-0.15, -0.1) is 0 Å². The lowest BCUT2D eigenvalue weighted by molar-refractivity contribution is 0.271. The number of benzene rings is 1. The van der Waals surface area contributed by atoms with Gasteiger partial charge >= 0.3 is 0 Å². The maximum absolute atomic E-state index is 5.57. The number of rotatable bonds is 4. The van der Waals surface area contributed by atoms with Crippen molar-refractivity contribution in [1.82, 2.24) is 0 Å². The zero-order chi connectivity index (χ0) is 9.68. The van der Waals surface area contributed by atoms with Gasteiger partial charge in [0.15, 0.2) is 0 Å². The summed E-state index contributed by atoms with van der Waals surface area (Å²) in [5, 5.41) is 0. The Hall–Kier alpha value is -0.980. The summed E-state index contributed by atoms with van der Waals surface area (Å²) in [6.07, 6.45) is 1.09. The van der Waals surface area contributed by atoms with Gasteiger partial charge in [-0.2, -0.15) is 0 Å².